The van der Waals surface area contributed by atoms with Gasteiger partial charge in [0.15, 0.2) is 0 Å². The lowest BCUT2D eigenvalue weighted by Gasteiger charge is -2.23. The summed E-state index contributed by atoms with van der Waals surface area (Å²) in [6.07, 6.45) is 9.28. The molecule has 2 aromatic heterocycles. The first-order valence-corrected chi connectivity index (χ1v) is 8.47. The van der Waals surface area contributed by atoms with Gasteiger partial charge in [0.2, 0.25) is 0 Å². The summed E-state index contributed by atoms with van der Waals surface area (Å²) in [5.74, 6) is 1.81. The van der Waals surface area contributed by atoms with E-state index in [9.17, 15) is 0 Å². The van der Waals surface area contributed by atoms with Crippen LogP contribution in [0, 0.1) is 0 Å². The van der Waals surface area contributed by atoms with Crippen LogP contribution in [-0.4, -0.2) is 39.5 Å². The Hall–Kier alpha value is -2.40. The van der Waals surface area contributed by atoms with E-state index in [1.807, 2.05) is 24.5 Å². The Balaban J connectivity index is 1.53. The summed E-state index contributed by atoms with van der Waals surface area (Å²) in [6.45, 7) is 1.95. The molecule has 1 atom stereocenters. The number of aromatic amines is 1. The number of hydrogen-bond donors (Lipinski definition) is 1. The van der Waals surface area contributed by atoms with Gasteiger partial charge in [-0.2, -0.15) is 0 Å². The molecule has 1 aliphatic heterocycles. The third kappa shape index (κ3) is 2.99. The van der Waals surface area contributed by atoms with Crippen LogP contribution in [0.4, 0.5) is 0 Å². The Morgan fingerprint density at radius 2 is 2.17 bits per heavy atom. The molecule has 0 unspecified atom stereocenters. The standard InChI is InChI=1S/C19H22N4O/c1-24-16-5-6-18-17(11-16)14(12-22-18)10-15-4-2-9-23(15)13-19-20-7-3-8-21-19/h3,5-8,11-12,15,22H,2,4,9-10,13H2,1H3/t15-/m1/s1. The molecule has 0 spiro atoms. The molecule has 24 heavy (non-hydrogen) atoms. The van der Waals surface area contributed by atoms with Crippen molar-refractivity contribution in [3.63, 3.8) is 0 Å². The van der Waals surface area contributed by atoms with E-state index >= 15 is 0 Å². The van der Waals surface area contributed by atoms with Crippen LogP contribution in [0.2, 0.25) is 0 Å². The molecule has 1 aliphatic rings. The molecule has 1 saturated heterocycles. The minimum Gasteiger partial charge on any atom is -0.497 e. The highest BCUT2D eigenvalue weighted by atomic mass is 16.5. The lowest BCUT2D eigenvalue weighted by atomic mass is 10.0. The van der Waals surface area contributed by atoms with E-state index in [2.05, 4.69) is 38.2 Å². The van der Waals surface area contributed by atoms with Gasteiger partial charge >= 0.3 is 0 Å². The first kappa shape index (κ1) is 15.1. The van der Waals surface area contributed by atoms with Crippen LogP contribution in [0.15, 0.2) is 42.9 Å². The van der Waals surface area contributed by atoms with Gasteiger partial charge in [-0.05, 0) is 55.6 Å². The van der Waals surface area contributed by atoms with Crippen LogP contribution in [0.3, 0.4) is 0 Å². The number of rotatable bonds is 5. The molecule has 5 heteroatoms. The number of aromatic nitrogens is 3. The van der Waals surface area contributed by atoms with E-state index in [4.69, 9.17) is 4.74 Å². The molecule has 3 heterocycles. The molecule has 0 aliphatic carbocycles. The maximum Gasteiger partial charge on any atom is 0.142 e. The third-order valence-corrected chi connectivity index (χ3v) is 4.89. The summed E-state index contributed by atoms with van der Waals surface area (Å²) in [5, 5.41) is 1.26. The molecule has 4 rings (SSSR count). The van der Waals surface area contributed by atoms with Crippen molar-refractivity contribution in [1.82, 2.24) is 19.9 Å². The number of H-pyrrole nitrogens is 1. The third-order valence-electron chi connectivity index (χ3n) is 4.89. The number of methoxy groups -OCH3 is 1. The molecule has 0 amide bonds. The minimum absolute atomic E-state index is 0.541. The number of hydrogen-bond acceptors (Lipinski definition) is 4. The van der Waals surface area contributed by atoms with Crippen molar-refractivity contribution in [2.75, 3.05) is 13.7 Å². The number of fused-ring (bicyclic) bond motifs is 1. The highest BCUT2D eigenvalue weighted by molar-refractivity contribution is 5.84. The molecule has 1 fully saturated rings. The van der Waals surface area contributed by atoms with Gasteiger partial charge in [0, 0.05) is 35.5 Å². The molecule has 124 valence electrons. The predicted molar refractivity (Wildman–Crippen MR) is 94.0 cm³/mol. The maximum absolute atomic E-state index is 5.38. The summed E-state index contributed by atoms with van der Waals surface area (Å²) < 4.78 is 5.38. The van der Waals surface area contributed by atoms with Gasteiger partial charge in [-0.3, -0.25) is 4.90 Å². The van der Waals surface area contributed by atoms with E-state index in [1.165, 1.54) is 29.3 Å². The van der Waals surface area contributed by atoms with E-state index < -0.39 is 0 Å². The Morgan fingerprint density at radius 1 is 1.29 bits per heavy atom. The summed E-state index contributed by atoms with van der Waals surface area (Å²) in [6, 6.07) is 8.61. The highest BCUT2D eigenvalue weighted by Crippen LogP contribution is 2.28. The fraction of sp³-hybridized carbons (Fsp3) is 0.368. The Kier molecular flexibility index (Phi) is 4.17. The SMILES string of the molecule is COc1ccc2[nH]cc(C[C@H]3CCCN3Cc3ncccn3)c2c1. The molecule has 0 saturated carbocycles. The average Bonchev–Trinajstić information content (AvgIpc) is 3.23. The fourth-order valence-electron chi connectivity index (χ4n) is 3.63. The van der Waals surface area contributed by atoms with Gasteiger partial charge in [0.25, 0.3) is 0 Å². The van der Waals surface area contributed by atoms with E-state index in [-0.39, 0.29) is 0 Å². The zero-order chi connectivity index (χ0) is 16.4. The monoisotopic (exact) mass is 322 g/mol. The van der Waals surface area contributed by atoms with Gasteiger partial charge in [-0.1, -0.05) is 0 Å². The predicted octanol–water partition coefficient (Wildman–Crippen LogP) is 3.17. The molecular weight excluding hydrogens is 300 g/mol. The second kappa shape index (κ2) is 6.61. The van der Waals surface area contributed by atoms with Crippen molar-refractivity contribution in [3.8, 4) is 5.75 Å². The fourth-order valence-corrected chi connectivity index (χ4v) is 3.63. The topological polar surface area (TPSA) is 54.0 Å². The van der Waals surface area contributed by atoms with E-state index in [0.717, 1.165) is 31.1 Å². The van der Waals surface area contributed by atoms with Gasteiger partial charge in [-0.15, -0.1) is 0 Å². The van der Waals surface area contributed by atoms with Crippen molar-refractivity contribution in [2.24, 2.45) is 0 Å². The summed E-state index contributed by atoms with van der Waals surface area (Å²) >= 11 is 0. The zero-order valence-corrected chi connectivity index (χ0v) is 13.9. The van der Waals surface area contributed by atoms with Crippen molar-refractivity contribution < 1.29 is 4.74 Å². The quantitative estimate of drug-likeness (QED) is 0.784. The lowest BCUT2D eigenvalue weighted by molar-refractivity contribution is 0.238. The number of ether oxygens (including phenoxy) is 1. The van der Waals surface area contributed by atoms with Crippen LogP contribution in [0.5, 0.6) is 5.75 Å². The van der Waals surface area contributed by atoms with Crippen molar-refractivity contribution in [1.29, 1.82) is 0 Å². The largest absolute Gasteiger partial charge is 0.497 e. The maximum atomic E-state index is 5.38. The number of likely N-dealkylation sites (tertiary alicyclic amines) is 1. The van der Waals surface area contributed by atoms with E-state index in [1.54, 1.807) is 7.11 Å². The first-order chi connectivity index (χ1) is 11.8. The van der Waals surface area contributed by atoms with Crippen LogP contribution in [0.1, 0.15) is 24.2 Å². The van der Waals surface area contributed by atoms with Crippen LogP contribution in [0.25, 0.3) is 10.9 Å². The average molecular weight is 322 g/mol. The van der Waals surface area contributed by atoms with Gasteiger partial charge in [0.1, 0.15) is 11.6 Å². The second-order valence-electron chi connectivity index (χ2n) is 6.36. The lowest BCUT2D eigenvalue weighted by Crippen LogP contribution is -2.31. The van der Waals surface area contributed by atoms with Crippen molar-refractivity contribution in [2.45, 2.75) is 31.8 Å². The Bertz CT molecular complexity index is 815. The van der Waals surface area contributed by atoms with Crippen LogP contribution in [-0.2, 0) is 13.0 Å². The number of nitrogens with one attached hydrogen (secondary N) is 1. The van der Waals surface area contributed by atoms with E-state index in [0.29, 0.717) is 6.04 Å². The molecule has 3 aromatic rings. The zero-order valence-electron chi connectivity index (χ0n) is 13.9. The molecule has 1 aromatic carbocycles. The van der Waals surface area contributed by atoms with Gasteiger partial charge < -0.3 is 9.72 Å². The first-order valence-electron chi connectivity index (χ1n) is 8.47. The van der Waals surface area contributed by atoms with Crippen molar-refractivity contribution >= 4 is 10.9 Å². The molecule has 0 bridgehead atoms. The summed E-state index contributed by atoms with van der Waals surface area (Å²) in [4.78, 5) is 14.6. The number of nitrogens with zero attached hydrogens (tertiary/aromatic N) is 3. The Labute approximate surface area is 141 Å². The molecular formula is C19H22N4O. The van der Waals surface area contributed by atoms with Crippen LogP contribution < -0.4 is 4.74 Å². The normalized spacial score (nSPS) is 18.3. The highest BCUT2D eigenvalue weighted by Gasteiger charge is 2.26. The smallest absolute Gasteiger partial charge is 0.142 e. The van der Waals surface area contributed by atoms with Gasteiger partial charge in [-0.25, -0.2) is 9.97 Å². The second-order valence-corrected chi connectivity index (χ2v) is 6.36. The van der Waals surface area contributed by atoms with Crippen molar-refractivity contribution in [3.05, 3.63) is 54.2 Å². The van der Waals surface area contributed by atoms with Crippen LogP contribution >= 0.6 is 0 Å². The Morgan fingerprint density at radius 3 is 3.00 bits per heavy atom. The molecule has 1 N–H and O–H groups in total. The molecule has 0 radical (unpaired) electrons. The summed E-state index contributed by atoms with van der Waals surface area (Å²) in [7, 11) is 1.71. The number of benzene rings is 1. The minimum atomic E-state index is 0.541. The van der Waals surface area contributed by atoms with Gasteiger partial charge in [0.05, 0.1) is 13.7 Å². The molecule has 5 nitrogen and oxygen atoms in total. The summed E-state index contributed by atoms with van der Waals surface area (Å²) in [5.41, 5.74) is 2.52.